The molecule has 0 atom stereocenters. The predicted molar refractivity (Wildman–Crippen MR) is 175 cm³/mol. The molecule has 0 amide bonds. The molecular weight excluding hydrogens is 575 g/mol. The van der Waals surface area contributed by atoms with Gasteiger partial charge in [0.1, 0.15) is 19.0 Å². The first kappa shape index (κ1) is 32.8. The summed E-state index contributed by atoms with van der Waals surface area (Å²) in [4.78, 5) is 6.13. The number of aliphatic hydroxyl groups excluding tert-OH is 2. The lowest BCUT2D eigenvalue weighted by atomic mass is 9.79. The van der Waals surface area contributed by atoms with Crippen LogP contribution in [0.5, 0.6) is 11.6 Å². The van der Waals surface area contributed by atoms with E-state index in [0.717, 1.165) is 27.9 Å². The van der Waals surface area contributed by atoms with Crippen molar-refractivity contribution < 1.29 is 33.4 Å². The maximum absolute atomic E-state index is 9.99. The van der Waals surface area contributed by atoms with Crippen molar-refractivity contribution in [3.05, 3.63) is 95.7 Å². The van der Waals surface area contributed by atoms with Gasteiger partial charge in [0, 0.05) is 29.8 Å². The zero-order chi connectivity index (χ0) is 32.1. The molecule has 0 aliphatic carbocycles. The average Bonchev–Trinajstić information content (AvgIpc) is 2.93. The molecule has 0 bridgehead atoms. The van der Waals surface area contributed by atoms with Gasteiger partial charge in [0.25, 0.3) is 11.9 Å². The number of hydrogen-bond donors (Lipinski definition) is 2. The van der Waals surface area contributed by atoms with Crippen molar-refractivity contribution in [2.75, 3.05) is 20.3 Å². The molecule has 0 unspecified atom stereocenters. The lowest BCUT2D eigenvalue weighted by Gasteiger charge is -2.36. The van der Waals surface area contributed by atoms with Crippen LogP contribution in [0, 0.1) is 13.8 Å². The summed E-state index contributed by atoms with van der Waals surface area (Å²) in [5.74, 6) is 0.568. The largest absolute Gasteiger partial charge is 0.636 e. The van der Waals surface area contributed by atoms with E-state index in [1.165, 1.54) is 17.3 Å². The molecule has 0 saturated heterocycles. The minimum Gasteiger partial charge on any atom is -0.494 e. The number of hydrogen-bond acceptors (Lipinski definition) is 9. The van der Waals surface area contributed by atoms with E-state index in [4.69, 9.17) is 28.2 Å². The Morgan fingerprint density at radius 3 is 2.14 bits per heavy atom. The zero-order valence-corrected chi connectivity index (χ0v) is 27.9. The van der Waals surface area contributed by atoms with Crippen LogP contribution in [0.15, 0.2) is 78.9 Å². The molecule has 1 aromatic heterocycles. The Morgan fingerprint density at radius 2 is 1.52 bits per heavy atom. The number of rotatable bonds is 10. The van der Waals surface area contributed by atoms with Crippen LogP contribution in [0.25, 0.3) is 11.1 Å². The molecule has 2 heterocycles. The van der Waals surface area contributed by atoms with Crippen molar-refractivity contribution in [2.24, 2.45) is 0 Å². The molecule has 2 aromatic carbocycles. The maximum Gasteiger partial charge on any atom is 0.636 e. The summed E-state index contributed by atoms with van der Waals surface area (Å²) in [6.07, 6.45) is 2.65. The summed E-state index contributed by atoms with van der Waals surface area (Å²) in [7, 11) is -1.20. The molecule has 3 aromatic rings. The van der Waals surface area contributed by atoms with E-state index in [2.05, 4.69) is 52.9 Å². The highest BCUT2D eigenvalue weighted by Crippen LogP contribution is 2.36. The number of benzene rings is 2. The molecule has 1 aliphatic heterocycles. The highest BCUT2D eigenvalue weighted by molar-refractivity contribution is 6.74. The zero-order valence-electron chi connectivity index (χ0n) is 26.9. The first-order valence-electron chi connectivity index (χ1n) is 14.7. The van der Waals surface area contributed by atoms with Gasteiger partial charge in [0.05, 0.1) is 19.0 Å². The number of aryl methyl sites for hydroxylation is 1. The van der Waals surface area contributed by atoms with Crippen LogP contribution < -0.4 is 14.9 Å². The fourth-order valence-electron chi connectivity index (χ4n) is 4.40. The van der Waals surface area contributed by atoms with E-state index in [0.29, 0.717) is 36.9 Å². The van der Waals surface area contributed by atoms with E-state index in [1.807, 2.05) is 25.1 Å². The van der Waals surface area contributed by atoms with Gasteiger partial charge in [-0.1, -0.05) is 51.1 Å². The van der Waals surface area contributed by atoms with Gasteiger partial charge >= 0.3 is 7.12 Å². The van der Waals surface area contributed by atoms with Crippen LogP contribution in [0.2, 0.25) is 18.1 Å². The summed E-state index contributed by atoms with van der Waals surface area (Å²) in [6.45, 7) is 16.6. The fraction of sp³-hybridized carbons (Fsp3) is 0.364. The molecular formula is C33H43BN2O7Si. The second-order valence-corrected chi connectivity index (χ2v) is 17.2. The smallest absolute Gasteiger partial charge is 0.494 e. The molecule has 1 aliphatic rings. The first-order valence-corrected chi connectivity index (χ1v) is 17.6. The van der Waals surface area contributed by atoms with Crippen LogP contribution in [0.4, 0.5) is 0 Å². The molecule has 0 saturated carbocycles. The van der Waals surface area contributed by atoms with Crippen molar-refractivity contribution in [3.8, 4) is 22.8 Å². The van der Waals surface area contributed by atoms with Crippen LogP contribution in [0.3, 0.4) is 0 Å². The Kier molecular flexibility index (Phi) is 10.2. The number of aromatic nitrogens is 1. The third kappa shape index (κ3) is 8.30. The van der Waals surface area contributed by atoms with Gasteiger partial charge in [0.2, 0.25) is 5.88 Å². The Morgan fingerprint density at radius 1 is 0.864 bits per heavy atom. The number of ether oxygens (including phenoxy) is 2. The van der Waals surface area contributed by atoms with Gasteiger partial charge in [-0.15, -0.1) is 0 Å². The van der Waals surface area contributed by atoms with Gasteiger partial charge in [-0.3, -0.25) is 0 Å². The predicted octanol–water partition coefficient (Wildman–Crippen LogP) is 6.73. The normalized spacial score (nSPS) is 15.3. The summed E-state index contributed by atoms with van der Waals surface area (Å²) < 4.78 is 29.1. The van der Waals surface area contributed by atoms with Crippen molar-refractivity contribution in [1.82, 2.24) is 9.88 Å². The van der Waals surface area contributed by atoms with Gasteiger partial charge in [-0.05, 0) is 66.9 Å². The van der Waals surface area contributed by atoms with Gasteiger partial charge in [-0.25, -0.2) is 4.98 Å². The Labute approximate surface area is 262 Å². The third-order valence-corrected chi connectivity index (χ3v) is 12.6. The van der Waals surface area contributed by atoms with Crippen molar-refractivity contribution in [1.29, 1.82) is 0 Å². The molecule has 11 heteroatoms. The molecule has 2 N–H and O–H groups in total. The number of aliphatic hydroxyl groups is 2. The Balaban J connectivity index is 1.37. The van der Waals surface area contributed by atoms with Crippen LogP contribution >= 0.6 is 0 Å². The van der Waals surface area contributed by atoms with Gasteiger partial charge < -0.3 is 38.3 Å². The first-order chi connectivity index (χ1) is 20.7. The summed E-state index contributed by atoms with van der Waals surface area (Å²) >= 11 is 0. The third-order valence-electron chi connectivity index (χ3n) is 8.03. The van der Waals surface area contributed by atoms with Gasteiger partial charge in [0.15, 0.2) is 8.32 Å². The van der Waals surface area contributed by atoms with E-state index >= 15 is 0 Å². The number of pyridine rings is 1. The minimum atomic E-state index is -1.81. The van der Waals surface area contributed by atoms with E-state index in [-0.39, 0.29) is 16.9 Å². The standard InChI is InChI=1S/C33H43BN2O7Si/c1-23-25(22-40-27-14-12-26(13-15-27)34-42-31(37)20-36(6)21-32(38)43-34)10-9-11-28(23)29-16-17-30(35-24(29)2)39-18-19-41-44(7,8)33(3,4)5/h9-17,20-21,37-38H,18-19,22H2,1-8H3/b31-20-,32-21?. The molecule has 0 radical (unpaired) electrons. The molecule has 4 rings (SSSR count). The van der Waals surface area contributed by atoms with E-state index in [9.17, 15) is 10.2 Å². The quantitative estimate of drug-likeness (QED) is 0.189. The number of nitrogens with zero attached hydrogens (tertiary/aromatic N) is 2. The summed E-state index contributed by atoms with van der Waals surface area (Å²) in [5.41, 5.74) is 5.77. The second-order valence-electron chi connectivity index (χ2n) is 12.4. The Bertz CT molecular complexity index is 1480. The molecule has 0 fully saturated rings. The lowest BCUT2D eigenvalue weighted by Crippen LogP contribution is -2.41. The van der Waals surface area contributed by atoms with Crippen molar-refractivity contribution in [2.45, 2.75) is 59.4 Å². The lowest BCUT2D eigenvalue weighted by molar-refractivity contribution is 0.124. The average molecular weight is 619 g/mol. The maximum atomic E-state index is 9.99. The molecule has 0 spiro atoms. The summed E-state index contributed by atoms with van der Waals surface area (Å²) in [6, 6.07) is 17.2. The minimum absolute atomic E-state index is 0.162. The monoisotopic (exact) mass is 618 g/mol. The highest BCUT2D eigenvalue weighted by atomic mass is 28.4. The molecule has 44 heavy (non-hydrogen) atoms. The SMILES string of the molecule is Cc1nc(OCCO[Si](C)(C)C(C)(C)C)ccc1-c1cccc(COc2ccc(B3OC(O)=CN(C)/C=C(/O)O3)cc2)c1C. The summed E-state index contributed by atoms with van der Waals surface area (Å²) in [5, 5.41) is 20.1. The molecule has 9 nitrogen and oxygen atoms in total. The van der Waals surface area contributed by atoms with Crippen LogP contribution in [0.1, 0.15) is 37.6 Å². The van der Waals surface area contributed by atoms with Gasteiger partial charge in [-0.2, -0.15) is 0 Å². The Hall–Kier alpha value is -4.09. The topological polar surface area (TPSA) is 103 Å². The van der Waals surface area contributed by atoms with Crippen LogP contribution in [-0.2, 0) is 20.3 Å². The second kappa shape index (κ2) is 13.7. The fourth-order valence-corrected chi connectivity index (χ4v) is 5.43. The van der Waals surface area contributed by atoms with Crippen molar-refractivity contribution >= 4 is 20.9 Å². The van der Waals surface area contributed by atoms with E-state index < -0.39 is 15.4 Å². The molecule has 234 valence electrons. The highest BCUT2D eigenvalue weighted by Gasteiger charge is 2.37. The van der Waals surface area contributed by atoms with Crippen molar-refractivity contribution in [3.63, 3.8) is 0 Å². The van der Waals surface area contributed by atoms with Crippen LogP contribution in [-0.4, -0.2) is 55.8 Å². The van der Waals surface area contributed by atoms with E-state index in [1.54, 1.807) is 31.3 Å².